The lowest BCUT2D eigenvalue weighted by Crippen LogP contribution is -2.36. The van der Waals surface area contributed by atoms with E-state index in [2.05, 4.69) is 16.7 Å². The van der Waals surface area contributed by atoms with Crippen molar-refractivity contribution >= 4 is 17.4 Å². The third-order valence-electron chi connectivity index (χ3n) is 2.82. The Balaban J connectivity index is 1.69. The maximum atomic E-state index is 11.6. The van der Waals surface area contributed by atoms with Crippen molar-refractivity contribution in [2.75, 3.05) is 13.7 Å². The summed E-state index contributed by atoms with van der Waals surface area (Å²) in [6, 6.07) is 11.6. The quantitative estimate of drug-likeness (QED) is 0.859. The Bertz CT molecular complexity index is 541. The number of hydrogen-bond acceptors (Lipinski definition) is 3. The molecule has 2 N–H and O–H groups in total. The van der Waals surface area contributed by atoms with Gasteiger partial charge in [0.15, 0.2) is 0 Å². The summed E-state index contributed by atoms with van der Waals surface area (Å²) in [4.78, 5) is 12.9. The monoisotopic (exact) mass is 290 g/mol. The second-order valence-electron chi connectivity index (χ2n) is 4.29. The highest BCUT2D eigenvalue weighted by atomic mass is 32.1. The van der Waals surface area contributed by atoms with Gasteiger partial charge in [0, 0.05) is 18.0 Å². The van der Waals surface area contributed by atoms with E-state index in [-0.39, 0.29) is 6.03 Å². The fourth-order valence-electron chi connectivity index (χ4n) is 1.78. The molecule has 0 fully saturated rings. The molecule has 20 heavy (non-hydrogen) atoms. The second-order valence-corrected chi connectivity index (χ2v) is 5.32. The number of rotatable bonds is 6. The molecule has 0 radical (unpaired) electrons. The fraction of sp³-hybridized carbons (Fsp3) is 0.267. The third kappa shape index (κ3) is 4.59. The average Bonchev–Trinajstić information content (AvgIpc) is 2.98. The smallest absolute Gasteiger partial charge is 0.315 e. The van der Waals surface area contributed by atoms with Crippen LogP contribution in [0.25, 0.3) is 0 Å². The van der Waals surface area contributed by atoms with Gasteiger partial charge >= 0.3 is 6.03 Å². The molecule has 2 rings (SSSR count). The highest BCUT2D eigenvalue weighted by Gasteiger charge is 2.01. The summed E-state index contributed by atoms with van der Waals surface area (Å²) in [5, 5.41) is 7.71. The first-order chi connectivity index (χ1) is 9.78. The molecule has 1 heterocycles. The zero-order chi connectivity index (χ0) is 14.2. The lowest BCUT2D eigenvalue weighted by atomic mass is 10.2. The van der Waals surface area contributed by atoms with Crippen molar-refractivity contribution in [1.29, 1.82) is 0 Å². The van der Waals surface area contributed by atoms with Crippen molar-refractivity contribution in [2.45, 2.75) is 13.0 Å². The predicted molar refractivity (Wildman–Crippen MR) is 81.3 cm³/mol. The summed E-state index contributed by atoms with van der Waals surface area (Å²) in [6.45, 7) is 1.13. The summed E-state index contributed by atoms with van der Waals surface area (Å²) in [6.07, 6.45) is 0.865. The fourth-order valence-corrected chi connectivity index (χ4v) is 2.49. The summed E-state index contributed by atoms with van der Waals surface area (Å²) in [7, 11) is 1.63. The molecule has 0 unspecified atom stereocenters. The largest absolute Gasteiger partial charge is 0.497 e. The zero-order valence-electron chi connectivity index (χ0n) is 11.4. The molecule has 0 saturated carbocycles. The van der Waals surface area contributed by atoms with Gasteiger partial charge in [0.2, 0.25) is 0 Å². The highest BCUT2D eigenvalue weighted by molar-refractivity contribution is 7.09. The van der Waals surface area contributed by atoms with Crippen molar-refractivity contribution in [2.24, 2.45) is 0 Å². The number of benzene rings is 1. The van der Waals surface area contributed by atoms with Gasteiger partial charge in [0.25, 0.3) is 0 Å². The van der Waals surface area contributed by atoms with Gasteiger partial charge in [-0.05, 0) is 35.6 Å². The van der Waals surface area contributed by atoms with E-state index in [0.29, 0.717) is 13.1 Å². The van der Waals surface area contributed by atoms with Gasteiger partial charge in [-0.3, -0.25) is 0 Å². The number of nitrogens with one attached hydrogen (secondary N) is 2. The first kappa shape index (κ1) is 14.4. The van der Waals surface area contributed by atoms with E-state index in [1.165, 1.54) is 4.88 Å². The van der Waals surface area contributed by atoms with Gasteiger partial charge < -0.3 is 15.4 Å². The van der Waals surface area contributed by atoms with E-state index in [4.69, 9.17) is 4.74 Å². The number of carbonyl (C=O) groups excluding carboxylic acids is 1. The molecule has 4 nitrogen and oxygen atoms in total. The van der Waals surface area contributed by atoms with Gasteiger partial charge in [-0.15, -0.1) is 11.3 Å². The first-order valence-electron chi connectivity index (χ1n) is 6.45. The van der Waals surface area contributed by atoms with E-state index < -0.39 is 0 Å². The molecule has 5 heteroatoms. The van der Waals surface area contributed by atoms with Gasteiger partial charge in [0.1, 0.15) is 5.75 Å². The van der Waals surface area contributed by atoms with E-state index in [9.17, 15) is 4.79 Å². The molecule has 0 aliphatic heterocycles. The van der Waals surface area contributed by atoms with Crippen LogP contribution >= 0.6 is 11.3 Å². The van der Waals surface area contributed by atoms with Gasteiger partial charge in [-0.1, -0.05) is 18.2 Å². The lowest BCUT2D eigenvalue weighted by Gasteiger charge is -2.08. The Hall–Kier alpha value is -2.01. The number of hydrogen-bond donors (Lipinski definition) is 2. The molecule has 0 atom stereocenters. The Labute approximate surface area is 122 Å². The number of ether oxygens (including phenoxy) is 1. The van der Waals surface area contributed by atoms with Crippen LogP contribution in [0.15, 0.2) is 41.8 Å². The molecule has 0 aliphatic carbocycles. The van der Waals surface area contributed by atoms with Crippen LogP contribution in [0.5, 0.6) is 5.75 Å². The number of urea groups is 1. The topological polar surface area (TPSA) is 50.4 Å². The SMILES string of the molecule is COc1cccc(CNC(=O)NCCc2cccs2)c1. The molecule has 2 amide bonds. The second kappa shape index (κ2) is 7.55. The van der Waals surface area contributed by atoms with Crippen LogP contribution < -0.4 is 15.4 Å². The predicted octanol–water partition coefficient (Wildman–Crippen LogP) is 2.80. The van der Waals surface area contributed by atoms with E-state index in [0.717, 1.165) is 17.7 Å². The Kier molecular flexibility index (Phi) is 5.43. The summed E-state index contributed by atoms with van der Waals surface area (Å²) in [5.74, 6) is 0.794. The highest BCUT2D eigenvalue weighted by Crippen LogP contribution is 2.12. The standard InChI is InChI=1S/C15H18N2O2S/c1-19-13-5-2-4-12(10-13)11-17-15(18)16-8-7-14-6-3-9-20-14/h2-6,9-10H,7-8,11H2,1H3,(H2,16,17,18). The van der Waals surface area contributed by atoms with Crippen molar-refractivity contribution in [1.82, 2.24) is 10.6 Å². The van der Waals surface area contributed by atoms with Crippen LogP contribution in [-0.4, -0.2) is 19.7 Å². The minimum atomic E-state index is -0.149. The minimum absolute atomic E-state index is 0.149. The van der Waals surface area contributed by atoms with Crippen molar-refractivity contribution in [3.05, 3.63) is 52.2 Å². The number of thiophene rings is 1. The van der Waals surface area contributed by atoms with Gasteiger partial charge in [-0.2, -0.15) is 0 Å². The maximum absolute atomic E-state index is 11.6. The molecule has 0 aliphatic rings. The van der Waals surface area contributed by atoms with Crippen LogP contribution in [0.1, 0.15) is 10.4 Å². The van der Waals surface area contributed by atoms with E-state index >= 15 is 0 Å². The zero-order valence-corrected chi connectivity index (χ0v) is 12.2. The average molecular weight is 290 g/mol. The first-order valence-corrected chi connectivity index (χ1v) is 7.33. The van der Waals surface area contributed by atoms with Crippen LogP contribution in [0, 0.1) is 0 Å². The van der Waals surface area contributed by atoms with Gasteiger partial charge in [0.05, 0.1) is 7.11 Å². The maximum Gasteiger partial charge on any atom is 0.315 e. The van der Waals surface area contributed by atoms with Gasteiger partial charge in [-0.25, -0.2) is 4.79 Å². The molecule has 106 valence electrons. The van der Waals surface area contributed by atoms with Crippen LogP contribution in [0.3, 0.4) is 0 Å². The lowest BCUT2D eigenvalue weighted by molar-refractivity contribution is 0.240. The van der Waals surface area contributed by atoms with Crippen LogP contribution in [-0.2, 0) is 13.0 Å². The molecular weight excluding hydrogens is 272 g/mol. The van der Waals surface area contributed by atoms with Crippen molar-refractivity contribution < 1.29 is 9.53 Å². The molecule has 0 spiro atoms. The molecular formula is C15H18N2O2S. The van der Waals surface area contributed by atoms with Crippen LogP contribution in [0.4, 0.5) is 4.79 Å². The minimum Gasteiger partial charge on any atom is -0.497 e. The summed E-state index contributed by atoms with van der Waals surface area (Å²) >= 11 is 1.70. The Morgan fingerprint density at radius 3 is 2.90 bits per heavy atom. The Morgan fingerprint density at radius 1 is 1.25 bits per heavy atom. The number of amides is 2. The summed E-state index contributed by atoms with van der Waals surface area (Å²) < 4.78 is 5.14. The van der Waals surface area contributed by atoms with E-state index in [1.807, 2.05) is 35.7 Å². The molecule has 0 saturated heterocycles. The number of methoxy groups -OCH3 is 1. The normalized spacial score (nSPS) is 10.1. The molecule has 0 bridgehead atoms. The van der Waals surface area contributed by atoms with Crippen LogP contribution in [0.2, 0.25) is 0 Å². The molecule has 2 aromatic rings. The van der Waals surface area contributed by atoms with E-state index in [1.54, 1.807) is 18.4 Å². The molecule has 1 aromatic heterocycles. The summed E-state index contributed by atoms with van der Waals surface area (Å²) in [5.41, 5.74) is 1.01. The van der Waals surface area contributed by atoms with Crippen molar-refractivity contribution in [3.63, 3.8) is 0 Å². The van der Waals surface area contributed by atoms with Crippen molar-refractivity contribution in [3.8, 4) is 5.75 Å². The molecule has 1 aromatic carbocycles. The third-order valence-corrected chi connectivity index (χ3v) is 3.76. The Morgan fingerprint density at radius 2 is 2.15 bits per heavy atom. The number of carbonyl (C=O) groups is 1.